The lowest BCUT2D eigenvalue weighted by Gasteiger charge is -2.16. The normalized spacial score (nSPS) is 10.9. The van der Waals surface area contributed by atoms with Crippen LogP contribution in [0, 0.1) is 0 Å². The third-order valence-corrected chi connectivity index (χ3v) is 4.35. The molecule has 0 bridgehead atoms. The maximum absolute atomic E-state index is 12.5. The smallest absolute Gasteiger partial charge is 0.185 e. The Labute approximate surface area is 155 Å². The van der Waals surface area contributed by atoms with E-state index in [-0.39, 0.29) is 11.5 Å². The van der Waals surface area contributed by atoms with Gasteiger partial charge in [-0.15, -0.1) is 0 Å². The van der Waals surface area contributed by atoms with Crippen molar-refractivity contribution < 1.29 is 14.6 Å². The van der Waals surface area contributed by atoms with Gasteiger partial charge in [-0.2, -0.15) is 0 Å². The van der Waals surface area contributed by atoms with Crippen LogP contribution in [-0.2, 0) is 12.8 Å². The number of hydrogen-bond donors (Lipinski definition) is 2. The van der Waals surface area contributed by atoms with E-state index in [0.29, 0.717) is 29.9 Å². The fraction of sp³-hybridized carbons (Fsp3) is 0.318. The lowest BCUT2D eigenvalue weighted by atomic mass is 9.98. The molecular weight excluding hydrogens is 326 g/mol. The van der Waals surface area contributed by atoms with Crippen molar-refractivity contribution in [1.82, 2.24) is 0 Å². The zero-order chi connectivity index (χ0) is 19.1. The predicted molar refractivity (Wildman–Crippen MR) is 107 cm³/mol. The zero-order valence-corrected chi connectivity index (χ0v) is 15.9. The fourth-order valence-electron chi connectivity index (χ4n) is 2.86. The number of carbonyl (C=O) groups is 1. The van der Waals surface area contributed by atoms with E-state index in [9.17, 15) is 9.90 Å². The first kappa shape index (κ1) is 19.6. The highest BCUT2D eigenvalue weighted by Crippen LogP contribution is 2.37. The number of ketones is 1. The zero-order valence-electron chi connectivity index (χ0n) is 15.9. The van der Waals surface area contributed by atoms with Crippen molar-refractivity contribution in [3.05, 3.63) is 58.7 Å². The Balaban J connectivity index is 2.42. The number of aryl methyl sites for hydroxylation is 2. The van der Waals surface area contributed by atoms with E-state index in [2.05, 4.69) is 12.2 Å². The summed E-state index contributed by atoms with van der Waals surface area (Å²) in [6.07, 6.45) is 4.66. The molecule has 2 aromatic rings. The van der Waals surface area contributed by atoms with Crippen molar-refractivity contribution in [3.63, 3.8) is 0 Å². The van der Waals surface area contributed by atoms with Crippen LogP contribution in [-0.4, -0.2) is 24.5 Å². The summed E-state index contributed by atoms with van der Waals surface area (Å²) < 4.78 is 5.78. The SMILES string of the molecule is CCOc1c(CC)cc(CC)c(O)c1/C=C/C(=O)c1ccc(NC)cc1. The molecule has 0 heterocycles. The first-order chi connectivity index (χ1) is 12.5. The van der Waals surface area contributed by atoms with Crippen molar-refractivity contribution in [1.29, 1.82) is 0 Å². The van der Waals surface area contributed by atoms with Crippen LogP contribution in [0.25, 0.3) is 6.08 Å². The summed E-state index contributed by atoms with van der Waals surface area (Å²) in [6, 6.07) is 9.26. The summed E-state index contributed by atoms with van der Waals surface area (Å²) in [5, 5.41) is 13.6. The van der Waals surface area contributed by atoms with Crippen LogP contribution in [0.5, 0.6) is 11.5 Å². The number of carbonyl (C=O) groups excluding carboxylic acids is 1. The van der Waals surface area contributed by atoms with Gasteiger partial charge >= 0.3 is 0 Å². The minimum atomic E-state index is -0.116. The number of nitrogens with one attached hydrogen (secondary N) is 1. The number of hydrogen-bond acceptors (Lipinski definition) is 4. The first-order valence-corrected chi connectivity index (χ1v) is 9.06. The van der Waals surface area contributed by atoms with Crippen LogP contribution < -0.4 is 10.1 Å². The molecular formula is C22H27NO3. The highest BCUT2D eigenvalue weighted by atomic mass is 16.5. The molecule has 4 heteroatoms. The quantitative estimate of drug-likeness (QED) is 0.526. The summed E-state index contributed by atoms with van der Waals surface area (Å²) in [6.45, 7) is 6.46. The molecule has 0 saturated carbocycles. The van der Waals surface area contributed by atoms with E-state index in [0.717, 1.165) is 23.2 Å². The van der Waals surface area contributed by atoms with Crippen molar-refractivity contribution in [3.8, 4) is 11.5 Å². The van der Waals surface area contributed by atoms with Gasteiger partial charge in [0.1, 0.15) is 11.5 Å². The van der Waals surface area contributed by atoms with E-state index < -0.39 is 0 Å². The third kappa shape index (κ3) is 4.26. The van der Waals surface area contributed by atoms with Gasteiger partial charge in [0.15, 0.2) is 5.78 Å². The monoisotopic (exact) mass is 353 g/mol. The predicted octanol–water partition coefficient (Wildman–Crippen LogP) is 4.85. The molecule has 2 aromatic carbocycles. The molecule has 0 aromatic heterocycles. The van der Waals surface area contributed by atoms with Crippen LogP contribution in [0.4, 0.5) is 5.69 Å². The maximum atomic E-state index is 12.5. The van der Waals surface area contributed by atoms with Gasteiger partial charge in [0.2, 0.25) is 0 Å². The lowest BCUT2D eigenvalue weighted by molar-refractivity contribution is 0.104. The molecule has 4 nitrogen and oxygen atoms in total. The van der Waals surface area contributed by atoms with Crippen LogP contribution in [0.15, 0.2) is 36.4 Å². The van der Waals surface area contributed by atoms with Crippen LogP contribution >= 0.6 is 0 Å². The Morgan fingerprint density at radius 1 is 1.12 bits per heavy atom. The number of allylic oxidation sites excluding steroid dienone is 1. The number of aromatic hydroxyl groups is 1. The van der Waals surface area contributed by atoms with E-state index >= 15 is 0 Å². The summed E-state index contributed by atoms with van der Waals surface area (Å²) >= 11 is 0. The molecule has 2 N–H and O–H groups in total. The second-order valence-corrected chi connectivity index (χ2v) is 5.95. The van der Waals surface area contributed by atoms with Gasteiger partial charge in [0.25, 0.3) is 0 Å². The molecule has 2 rings (SSSR count). The Kier molecular flexibility index (Phi) is 6.84. The number of benzene rings is 2. The van der Waals surface area contributed by atoms with E-state index in [4.69, 9.17) is 4.74 Å². The van der Waals surface area contributed by atoms with Gasteiger partial charge in [0.05, 0.1) is 12.2 Å². The van der Waals surface area contributed by atoms with E-state index in [1.807, 2.05) is 39.1 Å². The average molecular weight is 353 g/mol. The summed E-state index contributed by atoms with van der Waals surface area (Å²) in [5.74, 6) is 0.719. The molecule has 0 aliphatic heterocycles. The van der Waals surface area contributed by atoms with Gasteiger partial charge in [0, 0.05) is 18.3 Å². The standard InChI is InChI=1S/C22H27NO3/c1-5-15-14-16(6-2)22(26-7-3)19(21(15)25)12-13-20(24)17-8-10-18(23-4)11-9-17/h8-14,23,25H,5-7H2,1-4H3/b13-12+. The van der Waals surface area contributed by atoms with Gasteiger partial charge in [-0.3, -0.25) is 4.79 Å². The highest BCUT2D eigenvalue weighted by molar-refractivity contribution is 6.07. The number of rotatable bonds is 8. The van der Waals surface area contributed by atoms with Gasteiger partial charge in [-0.05, 0) is 73.4 Å². The van der Waals surface area contributed by atoms with Crippen molar-refractivity contribution >= 4 is 17.5 Å². The molecule has 0 fully saturated rings. The highest BCUT2D eigenvalue weighted by Gasteiger charge is 2.16. The second-order valence-electron chi connectivity index (χ2n) is 5.95. The largest absolute Gasteiger partial charge is 0.507 e. The summed E-state index contributed by atoms with van der Waals surface area (Å²) in [5.41, 5.74) is 4.01. The summed E-state index contributed by atoms with van der Waals surface area (Å²) in [4.78, 5) is 12.5. The molecule has 0 aliphatic rings. The molecule has 0 atom stereocenters. The number of ether oxygens (including phenoxy) is 1. The first-order valence-electron chi connectivity index (χ1n) is 9.06. The van der Waals surface area contributed by atoms with Crippen molar-refractivity contribution in [2.75, 3.05) is 19.0 Å². The van der Waals surface area contributed by atoms with Gasteiger partial charge < -0.3 is 15.2 Å². The van der Waals surface area contributed by atoms with Crippen LogP contribution in [0.3, 0.4) is 0 Å². The van der Waals surface area contributed by atoms with Crippen molar-refractivity contribution in [2.45, 2.75) is 33.6 Å². The van der Waals surface area contributed by atoms with Gasteiger partial charge in [-0.25, -0.2) is 0 Å². The van der Waals surface area contributed by atoms with Crippen LogP contribution in [0.1, 0.15) is 47.8 Å². The molecule has 0 amide bonds. The lowest BCUT2D eigenvalue weighted by Crippen LogP contribution is -2.02. The van der Waals surface area contributed by atoms with Crippen LogP contribution in [0.2, 0.25) is 0 Å². The van der Waals surface area contributed by atoms with Gasteiger partial charge in [-0.1, -0.05) is 13.8 Å². The molecule has 0 saturated heterocycles. The Morgan fingerprint density at radius 3 is 2.31 bits per heavy atom. The fourth-order valence-corrected chi connectivity index (χ4v) is 2.86. The summed E-state index contributed by atoms with van der Waals surface area (Å²) in [7, 11) is 1.83. The molecule has 0 aliphatic carbocycles. The Hall–Kier alpha value is -2.75. The maximum Gasteiger partial charge on any atom is 0.185 e. The Morgan fingerprint density at radius 2 is 1.77 bits per heavy atom. The number of phenols is 1. The molecule has 26 heavy (non-hydrogen) atoms. The minimum Gasteiger partial charge on any atom is -0.507 e. The molecule has 0 radical (unpaired) electrons. The molecule has 0 spiro atoms. The number of anilines is 1. The van der Waals surface area contributed by atoms with Crippen molar-refractivity contribution in [2.24, 2.45) is 0 Å². The third-order valence-electron chi connectivity index (χ3n) is 4.35. The number of phenolic OH excluding ortho intramolecular Hbond substituents is 1. The second kappa shape index (κ2) is 9.09. The Bertz CT molecular complexity index is 792. The minimum absolute atomic E-state index is 0.116. The van der Waals surface area contributed by atoms with E-state index in [1.165, 1.54) is 6.08 Å². The molecule has 138 valence electrons. The topological polar surface area (TPSA) is 58.6 Å². The van der Waals surface area contributed by atoms with E-state index in [1.54, 1.807) is 18.2 Å². The average Bonchev–Trinajstić information content (AvgIpc) is 2.68. The molecule has 0 unspecified atom stereocenters.